The van der Waals surface area contributed by atoms with E-state index < -0.39 is 0 Å². The van der Waals surface area contributed by atoms with Crippen LogP contribution in [0.3, 0.4) is 0 Å². The Bertz CT molecular complexity index is 744. The Morgan fingerprint density at radius 1 is 1.17 bits per heavy atom. The molecule has 2 rings (SSSR count). The smallest absolute Gasteiger partial charge is 0.244 e. The summed E-state index contributed by atoms with van der Waals surface area (Å²) in [6, 6.07) is 12.2. The Kier molecular flexibility index (Phi) is 5.82. The summed E-state index contributed by atoms with van der Waals surface area (Å²) in [6.45, 7) is 3.20. The van der Waals surface area contributed by atoms with Crippen LogP contribution in [-0.2, 0) is 9.59 Å². The van der Waals surface area contributed by atoms with E-state index >= 15 is 0 Å². The highest BCUT2D eigenvalue weighted by Crippen LogP contribution is 2.21. The lowest BCUT2D eigenvalue weighted by Gasteiger charge is -2.21. The van der Waals surface area contributed by atoms with Crippen LogP contribution in [0.4, 0.5) is 11.4 Å². The van der Waals surface area contributed by atoms with Crippen LogP contribution in [0.25, 0.3) is 0 Å². The molecule has 0 heterocycles. The molecule has 0 aromatic heterocycles. The van der Waals surface area contributed by atoms with Crippen molar-refractivity contribution >= 4 is 34.8 Å². The number of rotatable bonds is 5. The molecule has 6 heteroatoms. The molecule has 0 saturated heterocycles. The van der Waals surface area contributed by atoms with Crippen molar-refractivity contribution in [2.45, 2.75) is 13.8 Å². The van der Waals surface area contributed by atoms with Crippen molar-refractivity contribution in [3.63, 3.8) is 0 Å². The first kappa shape index (κ1) is 17.8. The molecule has 0 radical (unpaired) electrons. The summed E-state index contributed by atoms with van der Waals surface area (Å²) < 4.78 is 5.10. The highest BCUT2D eigenvalue weighted by molar-refractivity contribution is 6.30. The fourth-order valence-electron chi connectivity index (χ4n) is 2.25. The molecular weight excluding hydrogens is 328 g/mol. The molecule has 1 N–H and O–H groups in total. The minimum Gasteiger partial charge on any atom is -0.497 e. The molecule has 0 saturated carbocycles. The molecule has 2 amide bonds. The second-order valence-electron chi connectivity index (χ2n) is 5.31. The minimum absolute atomic E-state index is 0.0796. The molecule has 0 bridgehead atoms. The van der Waals surface area contributed by atoms with Crippen LogP contribution in [0.15, 0.2) is 42.5 Å². The first-order valence-corrected chi connectivity index (χ1v) is 7.76. The predicted octanol–water partition coefficient (Wildman–Crippen LogP) is 3.65. The van der Waals surface area contributed by atoms with Gasteiger partial charge in [0.15, 0.2) is 0 Å². The van der Waals surface area contributed by atoms with Crippen molar-refractivity contribution in [3.8, 4) is 5.75 Å². The number of halogens is 1. The standard InChI is InChI=1S/C18H19ClN2O3/c1-12-10-14(19)4-9-17(12)20-18(23)11-21(13(2)22)15-5-7-16(24-3)8-6-15/h4-10H,11H2,1-3H3,(H,20,23). The van der Waals surface area contributed by atoms with E-state index in [2.05, 4.69) is 5.32 Å². The topological polar surface area (TPSA) is 58.6 Å². The van der Waals surface area contributed by atoms with Crippen LogP contribution < -0.4 is 15.0 Å². The van der Waals surface area contributed by atoms with Gasteiger partial charge < -0.3 is 15.0 Å². The van der Waals surface area contributed by atoms with E-state index in [1.165, 1.54) is 11.8 Å². The molecular formula is C18H19ClN2O3. The monoisotopic (exact) mass is 346 g/mol. The summed E-state index contributed by atoms with van der Waals surface area (Å²) in [5, 5.41) is 3.40. The van der Waals surface area contributed by atoms with Gasteiger partial charge in [-0.2, -0.15) is 0 Å². The van der Waals surface area contributed by atoms with Gasteiger partial charge in [0.2, 0.25) is 11.8 Å². The summed E-state index contributed by atoms with van der Waals surface area (Å²) in [5.41, 5.74) is 2.16. The Labute approximate surface area is 146 Å². The number of ether oxygens (including phenoxy) is 1. The minimum atomic E-state index is -0.286. The first-order valence-electron chi connectivity index (χ1n) is 7.39. The molecule has 0 fully saturated rings. The third kappa shape index (κ3) is 4.49. The number of hydrogen-bond acceptors (Lipinski definition) is 3. The quantitative estimate of drug-likeness (QED) is 0.899. The van der Waals surface area contributed by atoms with Gasteiger partial charge in [-0.3, -0.25) is 9.59 Å². The fourth-order valence-corrected chi connectivity index (χ4v) is 2.47. The number of amides is 2. The molecule has 2 aromatic carbocycles. The van der Waals surface area contributed by atoms with Crippen molar-refractivity contribution in [3.05, 3.63) is 53.1 Å². The van der Waals surface area contributed by atoms with Crippen LogP contribution in [0, 0.1) is 6.92 Å². The van der Waals surface area contributed by atoms with E-state index in [0.717, 1.165) is 5.56 Å². The predicted molar refractivity (Wildman–Crippen MR) is 95.8 cm³/mol. The van der Waals surface area contributed by atoms with Crippen LogP contribution in [-0.4, -0.2) is 25.5 Å². The largest absolute Gasteiger partial charge is 0.497 e. The van der Waals surface area contributed by atoms with Gasteiger partial charge in [-0.05, 0) is 55.0 Å². The Balaban J connectivity index is 2.11. The molecule has 0 aliphatic rings. The maximum absolute atomic E-state index is 12.3. The van der Waals surface area contributed by atoms with Crippen LogP contribution >= 0.6 is 11.6 Å². The highest BCUT2D eigenvalue weighted by Gasteiger charge is 2.16. The van der Waals surface area contributed by atoms with E-state index in [-0.39, 0.29) is 18.4 Å². The Hall–Kier alpha value is -2.53. The lowest BCUT2D eigenvalue weighted by Crippen LogP contribution is -2.36. The van der Waals surface area contributed by atoms with E-state index in [1.54, 1.807) is 49.6 Å². The number of aryl methyl sites for hydroxylation is 1. The molecule has 0 aliphatic heterocycles. The second-order valence-corrected chi connectivity index (χ2v) is 5.75. The maximum atomic E-state index is 12.3. The molecule has 0 atom stereocenters. The van der Waals surface area contributed by atoms with Gasteiger partial charge in [-0.1, -0.05) is 11.6 Å². The van der Waals surface area contributed by atoms with Crippen LogP contribution in [0.2, 0.25) is 5.02 Å². The highest BCUT2D eigenvalue weighted by atomic mass is 35.5. The average molecular weight is 347 g/mol. The summed E-state index contributed by atoms with van der Waals surface area (Å²) in [4.78, 5) is 25.6. The van der Waals surface area contributed by atoms with Gasteiger partial charge in [0.05, 0.1) is 7.11 Å². The lowest BCUT2D eigenvalue weighted by atomic mass is 10.2. The Morgan fingerprint density at radius 3 is 2.38 bits per heavy atom. The average Bonchev–Trinajstić information content (AvgIpc) is 2.55. The zero-order valence-electron chi connectivity index (χ0n) is 13.8. The molecule has 5 nitrogen and oxygen atoms in total. The second kappa shape index (κ2) is 7.84. The number of benzene rings is 2. The summed E-state index contributed by atoms with van der Waals surface area (Å²) in [7, 11) is 1.57. The normalized spacial score (nSPS) is 10.2. The van der Waals surface area contributed by atoms with Gasteiger partial charge in [0.1, 0.15) is 12.3 Å². The van der Waals surface area contributed by atoms with Crippen LogP contribution in [0.1, 0.15) is 12.5 Å². The number of carbonyl (C=O) groups excluding carboxylic acids is 2. The number of hydrogen-bond donors (Lipinski definition) is 1. The number of methoxy groups -OCH3 is 1. The number of nitrogens with zero attached hydrogens (tertiary/aromatic N) is 1. The zero-order chi connectivity index (χ0) is 17.7. The summed E-state index contributed by atoms with van der Waals surface area (Å²) in [6.07, 6.45) is 0. The number of anilines is 2. The number of carbonyl (C=O) groups is 2. The summed E-state index contributed by atoms with van der Waals surface area (Å²) >= 11 is 5.91. The lowest BCUT2D eigenvalue weighted by molar-refractivity contribution is -0.120. The van der Waals surface area contributed by atoms with Crippen molar-refractivity contribution in [1.82, 2.24) is 0 Å². The first-order chi connectivity index (χ1) is 11.4. The van der Waals surface area contributed by atoms with Crippen molar-refractivity contribution in [2.24, 2.45) is 0 Å². The van der Waals surface area contributed by atoms with E-state index in [0.29, 0.717) is 22.1 Å². The van der Waals surface area contributed by atoms with Gasteiger partial charge in [0.25, 0.3) is 0 Å². The molecule has 0 aliphatic carbocycles. The van der Waals surface area contributed by atoms with E-state index in [4.69, 9.17) is 16.3 Å². The molecule has 2 aromatic rings. The van der Waals surface area contributed by atoms with Crippen molar-refractivity contribution in [2.75, 3.05) is 23.9 Å². The Morgan fingerprint density at radius 2 is 1.83 bits per heavy atom. The third-order valence-corrected chi connectivity index (χ3v) is 3.76. The third-order valence-electron chi connectivity index (χ3n) is 3.53. The molecule has 0 spiro atoms. The van der Waals surface area contributed by atoms with Crippen molar-refractivity contribution in [1.29, 1.82) is 0 Å². The zero-order valence-corrected chi connectivity index (χ0v) is 14.6. The molecule has 126 valence electrons. The molecule has 24 heavy (non-hydrogen) atoms. The van der Waals surface area contributed by atoms with E-state index in [9.17, 15) is 9.59 Å². The van der Waals surface area contributed by atoms with Crippen molar-refractivity contribution < 1.29 is 14.3 Å². The SMILES string of the molecule is COc1ccc(N(CC(=O)Nc2ccc(Cl)cc2C)C(C)=O)cc1. The maximum Gasteiger partial charge on any atom is 0.244 e. The van der Waals surface area contributed by atoms with Crippen LogP contribution in [0.5, 0.6) is 5.75 Å². The van der Waals surface area contributed by atoms with Gasteiger partial charge in [-0.15, -0.1) is 0 Å². The molecule has 0 unspecified atom stereocenters. The van der Waals surface area contributed by atoms with Gasteiger partial charge in [-0.25, -0.2) is 0 Å². The summed E-state index contributed by atoms with van der Waals surface area (Å²) in [5.74, 6) is 0.179. The fraction of sp³-hybridized carbons (Fsp3) is 0.222. The van der Waals surface area contributed by atoms with E-state index in [1.807, 2.05) is 6.92 Å². The number of nitrogens with one attached hydrogen (secondary N) is 1. The van der Waals surface area contributed by atoms with Gasteiger partial charge >= 0.3 is 0 Å². The van der Waals surface area contributed by atoms with Gasteiger partial charge in [0, 0.05) is 23.3 Å².